The van der Waals surface area contributed by atoms with E-state index in [0.29, 0.717) is 23.6 Å². The summed E-state index contributed by atoms with van der Waals surface area (Å²) >= 11 is 20.6. The molecule has 8 aliphatic heterocycles. The van der Waals surface area contributed by atoms with Gasteiger partial charge in [0.25, 0.3) is 0 Å². The number of aromatic hydroxyl groups is 3. The van der Waals surface area contributed by atoms with E-state index in [4.69, 9.17) is 84.2 Å². The first-order chi connectivity index (χ1) is 59.8. The molecule has 3 fully saturated rings. The summed E-state index contributed by atoms with van der Waals surface area (Å²) < 4.78 is 51.5. The van der Waals surface area contributed by atoms with Crippen molar-refractivity contribution in [3.8, 4) is 68.4 Å². The van der Waals surface area contributed by atoms with Gasteiger partial charge in [-0.05, 0) is 153 Å². The summed E-state index contributed by atoms with van der Waals surface area (Å²) in [5.74, 6) is -19.3. The summed E-state index contributed by atoms with van der Waals surface area (Å²) in [7, 11) is 1.48. The molecule has 23 atom stereocenters. The molecule has 3 saturated heterocycles. The van der Waals surface area contributed by atoms with Gasteiger partial charge in [0.2, 0.25) is 41.6 Å². The minimum atomic E-state index is -2.34. The molecule has 21 N–H and O–H groups in total. The zero-order valence-electron chi connectivity index (χ0n) is 68.3. The van der Waals surface area contributed by atoms with Crippen LogP contribution in [0.15, 0.2) is 121 Å². The Morgan fingerprint density at radius 2 is 1.34 bits per heavy atom. The Balaban J connectivity index is 0.0000146. The monoisotopic (exact) mass is 1820 g/mol. The van der Waals surface area contributed by atoms with Crippen molar-refractivity contribution in [2.24, 2.45) is 23.3 Å². The van der Waals surface area contributed by atoms with Crippen molar-refractivity contribution in [2.45, 2.75) is 220 Å². The highest BCUT2D eigenvalue weighted by Gasteiger charge is 2.53. The lowest BCUT2D eigenvalue weighted by Gasteiger charge is -2.46. The van der Waals surface area contributed by atoms with E-state index in [2.05, 4.69) is 31.6 Å². The Kier molecular flexibility index (Phi) is 30.3. The molecule has 0 aliphatic carbocycles. The highest BCUT2D eigenvalue weighted by Crippen LogP contribution is 2.51. The molecule has 39 heteroatoms. The molecule has 5 amide bonds. The van der Waals surface area contributed by atoms with Gasteiger partial charge < -0.3 is 137 Å². The Labute approximate surface area is 742 Å². The second kappa shape index (κ2) is 40.2. The summed E-state index contributed by atoms with van der Waals surface area (Å²) in [5.41, 5.74) is 10.8. The molecule has 0 saturated carbocycles. The van der Waals surface area contributed by atoms with E-state index in [1.807, 2.05) is 38.1 Å². The van der Waals surface area contributed by atoms with E-state index in [-0.39, 0.29) is 60.1 Å². The fraction of sp³-hybridized carbons (Fsp3) is 0.443. The lowest BCUT2D eigenvalue weighted by molar-refractivity contribution is -0.351. The third-order valence-corrected chi connectivity index (χ3v) is 24.0. The van der Waals surface area contributed by atoms with Gasteiger partial charge in [0.1, 0.15) is 102 Å². The van der Waals surface area contributed by atoms with Crippen LogP contribution in [0, 0.1) is 11.8 Å². The number of nitrogens with two attached hydrogens (primary N) is 2. The predicted molar refractivity (Wildman–Crippen MR) is 452 cm³/mol. The van der Waals surface area contributed by atoms with Crippen molar-refractivity contribution in [2.75, 3.05) is 13.7 Å². The van der Waals surface area contributed by atoms with Crippen LogP contribution in [0.2, 0.25) is 15.1 Å². The first-order valence-electron chi connectivity index (χ1n) is 40.6. The van der Waals surface area contributed by atoms with Crippen molar-refractivity contribution in [3.63, 3.8) is 0 Å². The number of benzene rings is 6. The molecule has 682 valence electrons. The zero-order valence-corrected chi connectivity index (χ0v) is 70.6. The van der Waals surface area contributed by atoms with Gasteiger partial charge in [0.05, 0.1) is 58.5 Å². The van der Waals surface area contributed by atoms with Crippen LogP contribution >= 0.6 is 34.8 Å². The largest absolute Gasteiger partial charge is 0.508 e. The number of aryl methyl sites for hydroxylation is 1. The average molecular weight is 1830 g/mol. The smallest absolute Gasteiger partial charge is 0.330 e. The number of aliphatic hydroxyl groups excluding tert-OH is 8. The van der Waals surface area contributed by atoms with E-state index < -0.39 is 280 Å². The van der Waals surface area contributed by atoms with Crippen LogP contribution in [0.5, 0.6) is 46.0 Å². The molecule has 2 unspecified atom stereocenters. The lowest BCUT2D eigenvalue weighted by atomic mass is 9.84. The Morgan fingerprint density at radius 3 is 1.96 bits per heavy atom. The highest BCUT2D eigenvalue weighted by molar-refractivity contribution is 6.32. The van der Waals surface area contributed by atoms with Gasteiger partial charge in [-0.25, -0.2) is 4.79 Å². The first kappa shape index (κ1) is 95.8. The highest BCUT2D eigenvalue weighted by atomic mass is 35.5. The molecule has 0 spiro atoms. The summed E-state index contributed by atoms with van der Waals surface area (Å²) in [6, 6.07) is 15.2. The number of ether oxygens (including phenoxy) is 8. The van der Waals surface area contributed by atoms with Gasteiger partial charge in [-0.15, -0.1) is 0 Å². The van der Waals surface area contributed by atoms with Gasteiger partial charge in [-0.1, -0.05) is 92.5 Å². The number of aromatic nitrogens is 1. The molecule has 11 bridgehead atoms. The molecule has 127 heavy (non-hydrogen) atoms. The van der Waals surface area contributed by atoms with Crippen LogP contribution in [0.25, 0.3) is 22.4 Å². The van der Waals surface area contributed by atoms with Crippen LogP contribution in [0.4, 0.5) is 0 Å². The number of ketones is 2. The Bertz CT molecular complexity index is 5250. The number of phenolic OH excluding ortho intramolecular Hbond substituents is 3. The van der Waals surface area contributed by atoms with E-state index in [1.165, 1.54) is 45.2 Å². The number of primary amides is 1. The minimum absolute atomic E-state index is 0. The number of hydrogen-bond acceptors (Lipinski definition) is 30. The Morgan fingerprint density at radius 1 is 0.685 bits per heavy atom. The van der Waals surface area contributed by atoms with Crippen molar-refractivity contribution < 1.29 is 138 Å². The van der Waals surface area contributed by atoms with Gasteiger partial charge in [0, 0.05) is 70.8 Å². The second-order valence-corrected chi connectivity index (χ2v) is 34.1. The van der Waals surface area contributed by atoms with E-state index in [0.717, 1.165) is 65.7 Å². The molecule has 0 radical (unpaired) electrons. The summed E-state index contributed by atoms with van der Waals surface area (Å²) in [4.78, 5) is 125. The number of carbonyl (C=O) groups excluding carboxylic acids is 7. The number of halogens is 3. The number of aliphatic carboxylic acids is 1. The number of pyridine rings is 1. The second-order valence-electron chi connectivity index (χ2n) is 32.9. The Hall–Kier alpha value is -10.3. The molecule has 15 rings (SSSR count). The third kappa shape index (κ3) is 21.2. The number of Topliss-reactive ketones (excluding diaryl/α,β-unsaturated/α-hetero) is 2. The molecule has 7 aromatic rings. The SMILES string of the molecule is C.CN[C@H](CC(C)C)C(=O)NC1C(=O)C[C@H](CC(N)=O)C(=O)N[C@H]2C(=O)C[C@@H]3C(=O)N[C@H](C(=O)N[C@H](C(=O)O)c4cc(O)cc(O)c4-c4cc3ccc4O)[C@H](OC3C[C@](C)(N)[C@@H](O)[C@H](C)O3)c3ccc(c(Cl)c3)Oc3cc2cc(c3O[C@@H]2O[C@H](CO)[C@@H](O[C@@H]3O[C@H](CCCc4ccc(-c5ccc(Cl)cc5)nc4)[C@H](O)[C@H](O)[C@H]3O)[C@H](O)[C@H]2O)Oc2ccc(cc2Cl)[C@H]1O. The predicted octanol–water partition coefficient (Wildman–Crippen LogP) is 5.29. The van der Waals surface area contributed by atoms with Crippen LogP contribution in [0.1, 0.15) is 144 Å². The molecule has 8 aliphatic rings. The molecule has 9 heterocycles. The number of phenols is 3. The number of carboxylic acid groups (broad SMARTS) is 1. The summed E-state index contributed by atoms with van der Waals surface area (Å²) in [5, 5.41) is 153. The minimum Gasteiger partial charge on any atom is -0.508 e. The summed E-state index contributed by atoms with van der Waals surface area (Å²) in [6.07, 6.45) is -28.2. The number of amides is 5. The van der Waals surface area contributed by atoms with Gasteiger partial charge >= 0.3 is 5.97 Å². The van der Waals surface area contributed by atoms with Crippen LogP contribution < -0.4 is 52.3 Å². The molecule has 36 nitrogen and oxygen atoms in total. The number of likely N-dealkylation sites (N-methyl/N-ethyl adjacent to an activating group) is 1. The quantitative estimate of drug-likeness (QED) is 0.0461. The fourth-order valence-corrected chi connectivity index (χ4v) is 17.0. The van der Waals surface area contributed by atoms with Gasteiger partial charge in [0.15, 0.2) is 41.7 Å². The van der Waals surface area contributed by atoms with Crippen molar-refractivity contribution in [3.05, 3.63) is 170 Å². The number of aliphatic hydroxyl groups is 8. The maximum atomic E-state index is 16.6. The van der Waals surface area contributed by atoms with Crippen LogP contribution in [-0.2, 0) is 68.5 Å². The maximum absolute atomic E-state index is 16.6. The number of rotatable bonds is 20. The summed E-state index contributed by atoms with van der Waals surface area (Å²) in [6.45, 7) is 5.50. The molecule has 1 aromatic heterocycles. The standard InChI is InChI=1S/C87H97Cl3N8O28.CH4/c1-35(2)21-52(93-5)82(115)97-68-55(103)25-43(28-63(91)105)80(113)95-66-42-26-60(120-57-19-13-40(70(68)106)23-49(57)89)77(125-86-75(111)73(109)78(62(34-99)123-86)126-85-74(110)72(108)71(107)59(122-85)8-6-7-37-9-17-51(94-33-37)38-10-15-44(88)16-11-38)61(27-42)121-58-20-14-41(24-50(58)90)76(124-64-32-87(4,92)79(112)36(3)119-64)69-83(116)96-67(84(117)118)48-29-45(100)30-54(102)65(48)47-22-39(12-18-53(47)101)46(31-56(66)104)81(114)98-69;/h9-20,22-24,26-27,29-30,33,35-36,43,46,52,59,62,64,66-76,78-79,85-86,93,99-102,106-112H,6-8,21,25,28,31-32,34,92H2,1-5H3,(H2,91,105)(H,95,113)(H,96,116)(H,97,115)(H,98,114)(H,117,118);1H4/t36-,43+,46-,52+,59+,62+,64?,66+,67-,68?,69-,70+,71-,72-,73+,74+,75+,76+,78+,79-,85-,86-,87-;/m0./s1. The van der Waals surface area contributed by atoms with Crippen LogP contribution in [-0.4, -0.2) is 231 Å². The lowest BCUT2D eigenvalue weighted by Crippen LogP contribution is -2.64. The van der Waals surface area contributed by atoms with Gasteiger partial charge in [-0.2, -0.15) is 0 Å². The van der Waals surface area contributed by atoms with E-state index >= 15 is 24.0 Å². The zero-order chi connectivity index (χ0) is 90.9. The van der Waals surface area contributed by atoms with Crippen molar-refractivity contribution in [1.29, 1.82) is 0 Å². The number of hydrogen-bond donors (Lipinski definition) is 19. The van der Waals surface area contributed by atoms with Crippen LogP contribution in [0.3, 0.4) is 0 Å². The number of carbonyl (C=O) groups is 8. The molecular formula is C88H101Cl3N8O28. The first-order valence-corrected chi connectivity index (χ1v) is 41.7. The van der Waals surface area contributed by atoms with Crippen molar-refractivity contribution >= 4 is 81.9 Å². The van der Waals surface area contributed by atoms with E-state index in [9.17, 15) is 75.7 Å². The normalized spacial score (nSPS) is 29.5. The number of nitrogens with one attached hydrogen (secondary N) is 5. The van der Waals surface area contributed by atoms with E-state index in [1.54, 1.807) is 18.3 Å². The average Bonchev–Trinajstić information content (AvgIpc) is 0.761. The number of carboxylic acids is 1. The maximum Gasteiger partial charge on any atom is 0.330 e. The third-order valence-electron chi connectivity index (χ3n) is 23.2. The van der Waals surface area contributed by atoms with Gasteiger partial charge in [-0.3, -0.25) is 38.5 Å². The topological polar surface area (TPSA) is 578 Å². The number of fused-ring (bicyclic) bond motifs is 15. The molecule has 6 aromatic carbocycles. The fourth-order valence-electron chi connectivity index (χ4n) is 16.5. The number of nitrogens with zero attached hydrogens (tertiary/aromatic N) is 1. The molecular weight excluding hydrogens is 1720 g/mol. The van der Waals surface area contributed by atoms with Crippen molar-refractivity contribution in [1.82, 2.24) is 31.6 Å².